The summed E-state index contributed by atoms with van der Waals surface area (Å²) in [6, 6.07) is 13.6. The van der Waals surface area contributed by atoms with Crippen LogP contribution in [0.2, 0.25) is 0 Å². The maximum Gasteiger partial charge on any atom is 0.321 e. The van der Waals surface area contributed by atoms with Crippen molar-refractivity contribution in [3.63, 3.8) is 0 Å². The maximum atomic E-state index is 12.6. The number of anilines is 2. The third kappa shape index (κ3) is 4.52. The van der Waals surface area contributed by atoms with Gasteiger partial charge in [-0.3, -0.25) is 9.59 Å². The van der Waals surface area contributed by atoms with E-state index in [9.17, 15) is 14.4 Å². The van der Waals surface area contributed by atoms with Gasteiger partial charge in [-0.2, -0.15) is 0 Å². The molecule has 0 bridgehead atoms. The zero-order valence-corrected chi connectivity index (χ0v) is 16.9. The minimum absolute atomic E-state index is 0.172. The van der Waals surface area contributed by atoms with Gasteiger partial charge in [-0.1, -0.05) is 12.1 Å². The molecular weight excluding hydrogens is 404 g/mol. The topological polar surface area (TPSA) is 94.9 Å². The molecule has 1 aromatic carbocycles. The summed E-state index contributed by atoms with van der Waals surface area (Å²) >= 11 is 1.36. The molecule has 0 saturated carbocycles. The predicted molar refractivity (Wildman–Crippen MR) is 114 cm³/mol. The van der Waals surface area contributed by atoms with Crippen LogP contribution in [0, 0.1) is 0 Å². The molecule has 2 N–H and O–H groups in total. The van der Waals surface area contributed by atoms with Crippen molar-refractivity contribution >= 4 is 40.6 Å². The molecular formula is C21H20N4O4S. The number of rotatable bonds is 4. The zero-order valence-electron chi connectivity index (χ0n) is 16.0. The quantitative estimate of drug-likeness (QED) is 0.669. The Kier molecular flexibility index (Phi) is 5.80. The van der Waals surface area contributed by atoms with Crippen molar-refractivity contribution in [2.75, 3.05) is 36.8 Å². The van der Waals surface area contributed by atoms with Crippen LogP contribution in [0.4, 0.5) is 16.2 Å². The van der Waals surface area contributed by atoms with Gasteiger partial charge in [0.25, 0.3) is 11.8 Å². The standard InChI is InChI=1S/C21H20N4O4S/c26-19(18-7-3-13-30-18)22-15-4-1-5-16(14-15)23-21(28)25-10-8-24(9-11-25)20(27)17-6-2-12-29-17/h1-7,12-14H,8-11H2,(H,22,26)(H,23,28). The lowest BCUT2D eigenvalue weighted by Gasteiger charge is -2.34. The molecule has 1 saturated heterocycles. The first-order valence-corrected chi connectivity index (χ1v) is 10.3. The molecule has 0 atom stereocenters. The number of amides is 4. The van der Waals surface area contributed by atoms with Crippen molar-refractivity contribution in [2.24, 2.45) is 0 Å². The van der Waals surface area contributed by atoms with Crippen LogP contribution in [-0.2, 0) is 0 Å². The molecule has 154 valence electrons. The van der Waals surface area contributed by atoms with Gasteiger partial charge in [0, 0.05) is 37.6 Å². The number of carbonyl (C=O) groups is 3. The Morgan fingerprint density at radius 1 is 0.867 bits per heavy atom. The Morgan fingerprint density at radius 3 is 2.27 bits per heavy atom. The monoisotopic (exact) mass is 424 g/mol. The van der Waals surface area contributed by atoms with E-state index in [1.165, 1.54) is 17.6 Å². The summed E-state index contributed by atoms with van der Waals surface area (Å²) in [6.07, 6.45) is 1.47. The lowest BCUT2D eigenvalue weighted by Crippen LogP contribution is -2.51. The molecule has 0 spiro atoms. The molecule has 2 aromatic heterocycles. The Balaban J connectivity index is 1.31. The Hall–Kier alpha value is -3.59. The van der Waals surface area contributed by atoms with Crippen LogP contribution in [0.3, 0.4) is 0 Å². The molecule has 1 fully saturated rings. The summed E-state index contributed by atoms with van der Waals surface area (Å²) in [5, 5.41) is 7.51. The second-order valence-electron chi connectivity index (χ2n) is 6.70. The summed E-state index contributed by atoms with van der Waals surface area (Å²) in [5.41, 5.74) is 1.18. The minimum Gasteiger partial charge on any atom is -0.459 e. The molecule has 4 rings (SSSR count). The molecule has 8 nitrogen and oxygen atoms in total. The van der Waals surface area contributed by atoms with Gasteiger partial charge in [-0.15, -0.1) is 11.3 Å². The first kappa shape index (κ1) is 19.7. The van der Waals surface area contributed by atoms with Crippen molar-refractivity contribution in [3.8, 4) is 0 Å². The third-order valence-corrected chi connectivity index (χ3v) is 5.57. The van der Waals surface area contributed by atoms with Gasteiger partial charge in [0.05, 0.1) is 11.1 Å². The molecule has 4 amide bonds. The number of benzene rings is 1. The lowest BCUT2D eigenvalue weighted by molar-refractivity contribution is 0.0640. The molecule has 0 aliphatic carbocycles. The van der Waals surface area contributed by atoms with Gasteiger partial charge in [0.1, 0.15) is 0 Å². The van der Waals surface area contributed by atoms with Crippen LogP contribution in [0.5, 0.6) is 0 Å². The molecule has 3 heterocycles. The molecule has 0 radical (unpaired) electrons. The van der Waals surface area contributed by atoms with E-state index in [1.54, 1.807) is 52.3 Å². The van der Waals surface area contributed by atoms with Crippen LogP contribution in [-0.4, -0.2) is 53.8 Å². The highest BCUT2D eigenvalue weighted by molar-refractivity contribution is 7.12. The van der Waals surface area contributed by atoms with Crippen LogP contribution in [0.15, 0.2) is 64.6 Å². The summed E-state index contributed by atoms with van der Waals surface area (Å²) in [5.74, 6) is -0.0608. The average molecular weight is 424 g/mol. The van der Waals surface area contributed by atoms with Gasteiger partial charge in [0.15, 0.2) is 5.76 Å². The molecule has 1 aliphatic rings. The van der Waals surface area contributed by atoms with Crippen molar-refractivity contribution in [3.05, 3.63) is 70.8 Å². The number of urea groups is 1. The first-order chi connectivity index (χ1) is 14.6. The van der Waals surface area contributed by atoms with Crippen molar-refractivity contribution in [1.82, 2.24) is 9.80 Å². The molecule has 30 heavy (non-hydrogen) atoms. The summed E-state index contributed by atoms with van der Waals surface area (Å²) in [6.45, 7) is 1.72. The van der Waals surface area contributed by atoms with E-state index in [0.29, 0.717) is 48.2 Å². The second kappa shape index (κ2) is 8.83. The van der Waals surface area contributed by atoms with E-state index < -0.39 is 0 Å². The fourth-order valence-electron chi connectivity index (χ4n) is 3.15. The van der Waals surface area contributed by atoms with Crippen LogP contribution in [0.25, 0.3) is 0 Å². The van der Waals surface area contributed by atoms with Crippen molar-refractivity contribution in [1.29, 1.82) is 0 Å². The Morgan fingerprint density at radius 2 is 1.60 bits per heavy atom. The van der Waals surface area contributed by atoms with Crippen LogP contribution >= 0.6 is 11.3 Å². The highest BCUT2D eigenvalue weighted by Gasteiger charge is 2.26. The number of thiophene rings is 1. The molecule has 0 unspecified atom stereocenters. The first-order valence-electron chi connectivity index (χ1n) is 9.44. The summed E-state index contributed by atoms with van der Waals surface area (Å²) in [4.78, 5) is 41.1. The smallest absolute Gasteiger partial charge is 0.321 e. The van der Waals surface area contributed by atoms with E-state index in [4.69, 9.17) is 4.42 Å². The summed E-state index contributed by atoms with van der Waals surface area (Å²) < 4.78 is 5.15. The number of hydrogen-bond donors (Lipinski definition) is 2. The Bertz CT molecular complexity index is 1030. The van der Waals surface area contributed by atoms with Gasteiger partial charge in [-0.05, 0) is 41.8 Å². The van der Waals surface area contributed by atoms with Crippen LogP contribution in [0.1, 0.15) is 20.2 Å². The number of furan rings is 1. The molecule has 3 aromatic rings. The van der Waals surface area contributed by atoms with E-state index in [0.717, 1.165) is 0 Å². The maximum absolute atomic E-state index is 12.6. The number of nitrogens with one attached hydrogen (secondary N) is 2. The highest BCUT2D eigenvalue weighted by atomic mass is 32.1. The molecule has 9 heteroatoms. The Labute approximate surface area is 177 Å². The van der Waals surface area contributed by atoms with E-state index >= 15 is 0 Å². The van der Waals surface area contributed by atoms with E-state index in [1.807, 2.05) is 11.4 Å². The summed E-state index contributed by atoms with van der Waals surface area (Å²) in [7, 11) is 0. The average Bonchev–Trinajstić information content (AvgIpc) is 3.48. The number of piperazine rings is 1. The second-order valence-corrected chi connectivity index (χ2v) is 7.65. The fraction of sp³-hybridized carbons (Fsp3) is 0.190. The number of carbonyl (C=O) groups excluding carboxylic acids is 3. The number of nitrogens with zero attached hydrogens (tertiary/aromatic N) is 2. The third-order valence-electron chi connectivity index (χ3n) is 4.70. The number of hydrogen-bond acceptors (Lipinski definition) is 5. The van der Waals surface area contributed by atoms with Crippen LogP contribution < -0.4 is 10.6 Å². The highest BCUT2D eigenvalue weighted by Crippen LogP contribution is 2.18. The minimum atomic E-state index is -0.248. The van der Waals surface area contributed by atoms with Gasteiger partial charge < -0.3 is 24.9 Å². The van der Waals surface area contributed by atoms with E-state index in [-0.39, 0.29) is 17.8 Å². The molecule has 1 aliphatic heterocycles. The predicted octanol–water partition coefficient (Wildman–Crippen LogP) is 3.58. The van der Waals surface area contributed by atoms with Crippen molar-refractivity contribution < 1.29 is 18.8 Å². The van der Waals surface area contributed by atoms with Crippen molar-refractivity contribution in [2.45, 2.75) is 0 Å². The SMILES string of the molecule is O=C(Nc1cccc(NC(=O)N2CCN(C(=O)c3ccco3)CC2)c1)c1cccs1. The normalized spacial score (nSPS) is 13.7. The fourth-order valence-corrected chi connectivity index (χ4v) is 3.77. The van der Waals surface area contributed by atoms with E-state index in [2.05, 4.69) is 10.6 Å². The van der Waals surface area contributed by atoms with Gasteiger partial charge in [0.2, 0.25) is 0 Å². The lowest BCUT2D eigenvalue weighted by atomic mass is 10.2. The largest absolute Gasteiger partial charge is 0.459 e. The van der Waals surface area contributed by atoms with Gasteiger partial charge >= 0.3 is 6.03 Å². The van der Waals surface area contributed by atoms with Gasteiger partial charge in [-0.25, -0.2) is 4.79 Å². The zero-order chi connectivity index (χ0) is 20.9.